The van der Waals surface area contributed by atoms with E-state index in [0.29, 0.717) is 12.8 Å². The molecule has 18 heavy (non-hydrogen) atoms. The van der Waals surface area contributed by atoms with Gasteiger partial charge in [-0.15, -0.1) is 6.42 Å². The molecule has 1 N–H and O–H groups in total. The standard InChI is InChI=1S/C14H19NO3/c1-5-12(16)10-7-6-8-11(9-10)15-13(17)18-14(2,3)4/h1,6,8,10-11H,7,9H2,2-4H3,(H,15,17)/t10-,11-/m1/s1. The van der Waals surface area contributed by atoms with Crippen molar-refractivity contribution in [3.05, 3.63) is 12.2 Å². The maximum Gasteiger partial charge on any atom is 0.408 e. The second-order valence-corrected chi connectivity index (χ2v) is 5.36. The molecule has 0 radical (unpaired) electrons. The zero-order valence-electron chi connectivity index (χ0n) is 11.0. The van der Waals surface area contributed by atoms with Gasteiger partial charge in [0.25, 0.3) is 0 Å². The summed E-state index contributed by atoms with van der Waals surface area (Å²) >= 11 is 0. The van der Waals surface area contributed by atoms with Crippen molar-refractivity contribution in [3.8, 4) is 12.3 Å². The number of rotatable bonds is 2. The summed E-state index contributed by atoms with van der Waals surface area (Å²) in [5, 5.41) is 2.72. The first-order valence-electron chi connectivity index (χ1n) is 5.98. The van der Waals surface area contributed by atoms with E-state index in [2.05, 4.69) is 11.2 Å². The number of ether oxygens (including phenoxy) is 1. The molecule has 0 aliphatic heterocycles. The topological polar surface area (TPSA) is 55.4 Å². The van der Waals surface area contributed by atoms with Crippen LogP contribution in [0.15, 0.2) is 12.2 Å². The summed E-state index contributed by atoms with van der Waals surface area (Å²) in [7, 11) is 0. The molecule has 0 fully saturated rings. The van der Waals surface area contributed by atoms with E-state index < -0.39 is 11.7 Å². The number of hydrogen-bond acceptors (Lipinski definition) is 3. The first kappa shape index (κ1) is 14.3. The molecule has 0 aromatic heterocycles. The summed E-state index contributed by atoms with van der Waals surface area (Å²) in [4.78, 5) is 23.0. The summed E-state index contributed by atoms with van der Waals surface area (Å²) < 4.78 is 5.15. The highest BCUT2D eigenvalue weighted by molar-refractivity contribution is 5.97. The molecule has 0 spiro atoms. The van der Waals surface area contributed by atoms with Crippen LogP contribution >= 0.6 is 0 Å². The van der Waals surface area contributed by atoms with Crippen molar-refractivity contribution in [1.29, 1.82) is 0 Å². The van der Waals surface area contributed by atoms with Crippen molar-refractivity contribution >= 4 is 11.9 Å². The number of allylic oxidation sites excluding steroid dienone is 1. The van der Waals surface area contributed by atoms with Crippen molar-refractivity contribution in [2.24, 2.45) is 5.92 Å². The second-order valence-electron chi connectivity index (χ2n) is 5.36. The first-order valence-corrected chi connectivity index (χ1v) is 5.98. The molecule has 2 atom stereocenters. The summed E-state index contributed by atoms with van der Waals surface area (Å²) in [6.45, 7) is 5.40. The van der Waals surface area contributed by atoms with Crippen LogP contribution in [0.5, 0.6) is 0 Å². The summed E-state index contributed by atoms with van der Waals surface area (Å²) in [6.07, 6.45) is 9.51. The van der Waals surface area contributed by atoms with Gasteiger partial charge in [0.05, 0.1) is 6.04 Å². The van der Waals surface area contributed by atoms with E-state index in [4.69, 9.17) is 11.2 Å². The van der Waals surface area contributed by atoms with Gasteiger partial charge in [0.15, 0.2) is 0 Å². The van der Waals surface area contributed by atoms with Crippen molar-refractivity contribution in [2.45, 2.75) is 45.3 Å². The minimum atomic E-state index is -0.531. The third-order valence-corrected chi connectivity index (χ3v) is 2.54. The number of Topliss-reactive ketones (excluding diaryl/α,β-unsaturated/α-hetero) is 1. The summed E-state index contributed by atoms with van der Waals surface area (Å²) in [5.74, 6) is 1.71. The Labute approximate surface area is 108 Å². The van der Waals surface area contributed by atoms with Crippen LogP contribution in [-0.2, 0) is 9.53 Å². The van der Waals surface area contributed by atoms with Crippen LogP contribution in [0, 0.1) is 18.3 Å². The van der Waals surface area contributed by atoms with E-state index in [1.807, 2.05) is 12.2 Å². The van der Waals surface area contributed by atoms with Gasteiger partial charge in [0.1, 0.15) is 5.60 Å². The molecule has 1 aliphatic rings. The third kappa shape index (κ3) is 4.62. The van der Waals surface area contributed by atoms with E-state index in [0.717, 1.165) is 0 Å². The average Bonchev–Trinajstić information content (AvgIpc) is 2.25. The van der Waals surface area contributed by atoms with Crippen LogP contribution in [0.2, 0.25) is 0 Å². The van der Waals surface area contributed by atoms with Gasteiger partial charge in [-0.25, -0.2) is 4.79 Å². The largest absolute Gasteiger partial charge is 0.444 e. The SMILES string of the molecule is C#CC(=O)[C@@H]1CC=C[C@@H](NC(=O)OC(C)(C)C)C1. The van der Waals surface area contributed by atoms with Crippen LogP contribution in [0.1, 0.15) is 33.6 Å². The lowest BCUT2D eigenvalue weighted by molar-refractivity contribution is -0.117. The van der Waals surface area contributed by atoms with E-state index in [1.165, 1.54) is 0 Å². The minimum Gasteiger partial charge on any atom is -0.444 e. The second kappa shape index (κ2) is 5.72. The number of amides is 1. The predicted molar refractivity (Wildman–Crippen MR) is 68.9 cm³/mol. The quantitative estimate of drug-likeness (QED) is 0.463. The van der Waals surface area contributed by atoms with Gasteiger partial charge < -0.3 is 10.1 Å². The number of hydrogen-bond donors (Lipinski definition) is 1. The number of ketones is 1. The van der Waals surface area contributed by atoms with Gasteiger partial charge in [0, 0.05) is 5.92 Å². The molecule has 0 unspecified atom stereocenters. The monoisotopic (exact) mass is 249 g/mol. The van der Waals surface area contributed by atoms with Crippen molar-refractivity contribution < 1.29 is 14.3 Å². The van der Waals surface area contributed by atoms with Crippen LogP contribution in [-0.4, -0.2) is 23.5 Å². The fraction of sp³-hybridized carbons (Fsp3) is 0.571. The highest BCUT2D eigenvalue weighted by Crippen LogP contribution is 2.20. The predicted octanol–water partition coefficient (Wildman–Crippen LogP) is 2.05. The Balaban J connectivity index is 2.52. The molecule has 0 saturated heterocycles. The zero-order chi connectivity index (χ0) is 13.8. The van der Waals surface area contributed by atoms with Gasteiger partial charge in [-0.05, 0) is 39.5 Å². The highest BCUT2D eigenvalue weighted by Gasteiger charge is 2.25. The Morgan fingerprint density at radius 3 is 2.67 bits per heavy atom. The van der Waals surface area contributed by atoms with E-state index in [9.17, 15) is 9.59 Å². The molecule has 0 aromatic rings. The number of alkyl carbamates (subject to hydrolysis) is 1. The Morgan fingerprint density at radius 2 is 2.11 bits per heavy atom. The van der Waals surface area contributed by atoms with E-state index in [-0.39, 0.29) is 17.7 Å². The van der Waals surface area contributed by atoms with Crippen LogP contribution in [0.4, 0.5) is 4.79 Å². The number of nitrogens with one attached hydrogen (secondary N) is 1. The zero-order valence-corrected chi connectivity index (χ0v) is 11.0. The van der Waals surface area contributed by atoms with Crippen LogP contribution < -0.4 is 5.32 Å². The molecule has 4 nitrogen and oxygen atoms in total. The first-order chi connectivity index (χ1) is 8.31. The van der Waals surface area contributed by atoms with Gasteiger partial charge >= 0.3 is 6.09 Å². The summed E-state index contributed by atoms with van der Waals surface area (Å²) in [5.41, 5.74) is -0.531. The normalized spacial score (nSPS) is 23.0. The van der Waals surface area contributed by atoms with Crippen molar-refractivity contribution in [1.82, 2.24) is 5.32 Å². The lowest BCUT2D eigenvalue weighted by atomic mass is 9.88. The fourth-order valence-corrected chi connectivity index (χ4v) is 1.79. The fourth-order valence-electron chi connectivity index (χ4n) is 1.79. The molecule has 4 heteroatoms. The van der Waals surface area contributed by atoms with Gasteiger partial charge in [0.2, 0.25) is 5.78 Å². The number of carbonyl (C=O) groups is 2. The van der Waals surface area contributed by atoms with Crippen LogP contribution in [0.25, 0.3) is 0 Å². The van der Waals surface area contributed by atoms with E-state index in [1.54, 1.807) is 20.8 Å². The average molecular weight is 249 g/mol. The molecular formula is C14H19NO3. The molecule has 0 saturated carbocycles. The van der Waals surface area contributed by atoms with Gasteiger partial charge in [-0.2, -0.15) is 0 Å². The van der Waals surface area contributed by atoms with E-state index >= 15 is 0 Å². The molecule has 0 aromatic carbocycles. The summed E-state index contributed by atoms with van der Waals surface area (Å²) in [6, 6.07) is -0.198. The molecule has 1 amide bonds. The van der Waals surface area contributed by atoms with Crippen LogP contribution in [0.3, 0.4) is 0 Å². The van der Waals surface area contributed by atoms with Gasteiger partial charge in [-0.3, -0.25) is 4.79 Å². The maximum absolute atomic E-state index is 11.6. The van der Waals surface area contributed by atoms with Crippen molar-refractivity contribution in [2.75, 3.05) is 0 Å². The molecule has 0 bridgehead atoms. The van der Waals surface area contributed by atoms with Crippen molar-refractivity contribution in [3.63, 3.8) is 0 Å². The lowest BCUT2D eigenvalue weighted by Gasteiger charge is -2.25. The Hall–Kier alpha value is -1.76. The Bertz CT molecular complexity index is 398. The molecule has 98 valence electrons. The maximum atomic E-state index is 11.6. The highest BCUT2D eigenvalue weighted by atomic mass is 16.6. The van der Waals surface area contributed by atoms with Gasteiger partial charge in [-0.1, -0.05) is 12.2 Å². The molecule has 1 aliphatic carbocycles. The Morgan fingerprint density at radius 1 is 1.44 bits per heavy atom. The molecule has 1 rings (SSSR count). The smallest absolute Gasteiger partial charge is 0.408 e. The number of carbonyl (C=O) groups excluding carboxylic acids is 2. The Kier molecular flexibility index (Phi) is 4.55. The minimum absolute atomic E-state index is 0.198. The molecule has 0 heterocycles. The third-order valence-electron chi connectivity index (χ3n) is 2.54. The lowest BCUT2D eigenvalue weighted by Crippen LogP contribution is -2.40. The molecular weight excluding hydrogens is 230 g/mol. The number of terminal acetylenes is 1.